The molecule has 17 heavy (non-hydrogen) atoms. The van der Waals surface area contributed by atoms with Crippen molar-refractivity contribution in [2.75, 3.05) is 0 Å². The Morgan fingerprint density at radius 2 is 1.88 bits per heavy atom. The van der Waals surface area contributed by atoms with Crippen LogP contribution in [0.3, 0.4) is 0 Å². The molecule has 1 aliphatic carbocycles. The van der Waals surface area contributed by atoms with Crippen molar-refractivity contribution < 1.29 is 14.7 Å². The third-order valence-electron chi connectivity index (χ3n) is 4.38. The maximum Gasteiger partial charge on any atom is 0.308 e. The summed E-state index contributed by atoms with van der Waals surface area (Å²) in [5, 5.41) is 9.27. The minimum atomic E-state index is -0.769. The zero-order valence-corrected chi connectivity index (χ0v) is 10.7. The average Bonchev–Trinajstić information content (AvgIpc) is 2.13. The van der Waals surface area contributed by atoms with Gasteiger partial charge in [0.15, 0.2) is 0 Å². The summed E-state index contributed by atoms with van der Waals surface area (Å²) in [4.78, 5) is 25.2. The quantitative estimate of drug-likeness (QED) is 0.798. The first-order valence-corrected chi connectivity index (χ1v) is 6.45. The topological polar surface area (TPSA) is 57.6 Å². The largest absolute Gasteiger partial charge is 0.481 e. The SMILES string of the molecule is CC1CC(N2C(=O)CC(C)C(C(=O)O)C2C)C1. The molecule has 3 unspecified atom stereocenters. The number of nitrogens with zero attached hydrogens (tertiary/aromatic N) is 1. The fourth-order valence-corrected chi connectivity index (χ4v) is 3.46. The number of hydrogen-bond donors (Lipinski definition) is 1. The lowest BCUT2D eigenvalue weighted by Gasteiger charge is -2.49. The minimum Gasteiger partial charge on any atom is -0.481 e. The van der Waals surface area contributed by atoms with E-state index < -0.39 is 11.9 Å². The van der Waals surface area contributed by atoms with Crippen LogP contribution in [0.25, 0.3) is 0 Å². The van der Waals surface area contributed by atoms with E-state index in [9.17, 15) is 14.7 Å². The highest BCUT2D eigenvalue weighted by Gasteiger charge is 2.46. The lowest BCUT2D eigenvalue weighted by molar-refractivity contribution is -0.159. The Hall–Kier alpha value is -1.06. The second-order valence-corrected chi connectivity index (χ2v) is 5.82. The third kappa shape index (κ3) is 2.05. The van der Waals surface area contributed by atoms with Crippen LogP contribution >= 0.6 is 0 Å². The van der Waals surface area contributed by atoms with E-state index in [1.165, 1.54) is 0 Å². The molecule has 2 fully saturated rings. The van der Waals surface area contributed by atoms with Crippen LogP contribution < -0.4 is 0 Å². The predicted molar refractivity (Wildman–Crippen MR) is 63.4 cm³/mol. The number of likely N-dealkylation sites (tertiary alicyclic amines) is 1. The number of carboxylic acid groups (broad SMARTS) is 1. The summed E-state index contributed by atoms with van der Waals surface area (Å²) in [5.74, 6) is -0.427. The van der Waals surface area contributed by atoms with Crippen molar-refractivity contribution in [3.63, 3.8) is 0 Å². The summed E-state index contributed by atoms with van der Waals surface area (Å²) < 4.78 is 0. The van der Waals surface area contributed by atoms with Crippen molar-refractivity contribution in [3.8, 4) is 0 Å². The van der Waals surface area contributed by atoms with E-state index in [0.29, 0.717) is 12.3 Å². The van der Waals surface area contributed by atoms with Gasteiger partial charge in [-0.1, -0.05) is 13.8 Å². The molecule has 1 N–H and O–H groups in total. The molecule has 1 saturated carbocycles. The Bertz CT molecular complexity index is 336. The van der Waals surface area contributed by atoms with Crippen molar-refractivity contribution in [3.05, 3.63) is 0 Å². The van der Waals surface area contributed by atoms with E-state index in [2.05, 4.69) is 6.92 Å². The molecule has 0 aromatic heterocycles. The number of carbonyl (C=O) groups is 2. The van der Waals surface area contributed by atoms with Crippen molar-refractivity contribution in [2.24, 2.45) is 17.8 Å². The Labute approximate surface area is 102 Å². The number of hydrogen-bond acceptors (Lipinski definition) is 2. The number of amides is 1. The summed E-state index contributed by atoms with van der Waals surface area (Å²) in [6.45, 7) is 5.93. The van der Waals surface area contributed by atoms with Crippen LogP contribution in [0.1, 0.15) is 40.0 Å². The molecule has 1 aliphatic heterocycles. The average molecular weight is 239 g/mol. The van der Waals surface area contributed by atoms with Crippen molar-refractivity contribution in [1.29, 1.82) is 0 Å². The molecule has 1 saturated heterocycles. The van der Waals surface area contributed by atoms with Crippen LogP contribution in [-0.2, 0) is 9.59 Å². The van der Waals surface area contributed by atoms with Crippen LogP contribution in [0.5, 0.6) is 0 Å². The second-order valence-electron chi connectivity index (χ2n) is 5.82. The molecule has 3 atom stereocenters. The van der Waals surface area contributed by atoms with Gasteiger partial charge in [0.05, 0.1) is 5.92 Å². The van der Waals surface area contributed by atoms with Crippen LogP contribution in [0.2, 0.25) is 0 Å². The molecule has 2 aliphatic rings. The first kappa shape index (κ1) is 12.4. The molecule has 0 aromatic carbocycles. The number of piperidine rings is 1. The fraction of sp³-hybridized carbons (Fsp3) is 0.846. The maximum atomic E-state index is 12.1. The van der Waals surface area contributed by atoms with E-state index >= 15 is 0 Å². The standard InChI is InChI=1S/C13H21NO3/c1-7-4-10(5-7)14-9(3)12(13(16)17)8(2)6-11(14)15/h7-10,12H,4-6H2,1-3H3,(H,16,17). The van der Waals surface area contributed by atoms with Gasteiger partial charge < -0.3 is 10.0 Å². The highest BCUT2D eigenvalue weighted by Crippen LogP contribution is 2.38. The molecule has 0 spiro atoms. The molecular formula is C13H21NO3. The molecule has 0 radical (unpaired) electrons. The molecule has 4 nitrogen and oxygen atoms in total. The molecule has 1 heterocycles. The van der Waals surface area contributed by atoms with Gasteiger partial charge in [-0.15, -0.1) is 0 Å². The lowest BCUT2D eigenvalue weighted by Crippen LogP contribution is -2.59. The van der Waals surface area contributed by atoms with Gasteiger partial charge in [0.1, 0.15) is 0 Å². The minimum absolute atomic E-state index is 0.0521. The Kier molecular flexibility index (Phi) is 3.15. The van der Waals surface area contributed by atoms with E-state index in [1.807, 2.05) is 18.7 Å². The number of aliphatic carboxylic acids is 1. The van der Waals surface area contributed by atoms with E-state index in [1.54, 1.807) is 0 Å². The molecule has 0 aromatic rings. The number of carbonyl (C=O) groups excluding carboxylic acids is 1. The molecule has 0 bridgehead atoms. The van der Waals surface area contributed by atoms with Gasteiger partial charge in [0, 0.05) is 18.5 Å². The second kappa shape index (κ2) is 4.31. The zero-order chi connectivity index (χ0) is 12.7. The Balaban J connectivity index is 2.14. The Morgan fingerprint density at radius 1 is 1.29 bits per heavy atom. The normalized spacial score (nSPS) is 42.2. The fourth-order valence-electron chi connectivity index (χ4n) is 3.46. The van der Waals surface area contributed by atoms with E-state index in [-0.39, 0.29) is 23.9 Å². The van der Waals surface area contributed by atoms with Gasteiger partial charge in [-0.3, -0.25) is 9.59 Å². The van der Waals surface area contributed by atoms with Crippen molar-refractivity contribution >= 4 is 11.9 Å². The number of carboxylic acids is 1. The van der Waals surface area contributed by atoms with Gasteiger partial charge in [-0.05, 0) is 31.6 Å². The monoisotopic (exact) mass is 239 g/mol. The van der Waals surface area contributed by atoms with Crippen LogP contribution in [0.15, 0.2) is 0 Å². The van der Waals surface area contributed by atoms with Crippen LogP contribution in [0.4, 0.5) is 0 Å². The predicted octanol–water partition coefficient (Wildman–Crippen LogP) is 1.74. The summed E-state index contributed by atoms with van der Waals surface area (Å²) in [7, 11) is 0. The summed E-state index contributed by atoms with van der Waals surface area (Å²) in [5.41, 5.74) is 0. The van der Waals surface area contributed by atoms with Crippen LogP contribution in [-0.4, -0.2) is 34.0 Å². The van der Waals surface area contributed by atoms with Crippen LogP contribution in [0, 0.1) is 17.8 Å². The van der Waals surface area contributed by atoms with E-state index in [0.717, 1.165) is 12.8 Å². The summed E-state index contributed by atoms with van der Waals surface area (Å²) in [6.07, 6.45) is 2.43. The molecule has 2 rings (SSSR count). The highest BCUT2D eigenvalue weighted by atomic mass is 16.4. The number of rotatable bonds is 2. The highest BCUT2D eigenvalue weighted by molar-refractivity contribution is 5.82. The first-order valence-electron chi connectivity index (χ1n) is 6.45. The summed E-state index contributed by atoms with van der Waals surface area (Å²) >= 11 is 0. The van der Waals surface area contributed by atoms with Crippen molar-refractivity contribution in [1.82, 2.24) is 4.90 Å². The van der Waals surface area contributed by atoms with E-state index in [4.69, 9.17) is 0 Å². The van der Waals surface area contributed by atoms with Crippen molar-refractivity contribution in [2.45, 2.75) is 52.1 Å². The molecule has 1 amide bonds. The Morgan fingerprint density at radius 3 is 2.35 bits per heavy atom. The molecule has 4 heteroatoms. The molecular weight excluding hydrogens is 218 g/mol. The maximum absolute atomic E-state index is 12.1. The van der Waals surface area contributed by atoms with Gasteiger partial charge >= 0.3 is 5.97 Å². The summed E-state index contributed by atoms with van der Waals surface area (Å²) in [6, 6.07) is 0.114. The van der Waals surface area contributed by atoms with Gasteiger partial charge in [0.25, 0.3) is 0 Å². The van der Waals surface area contributed by atoms with Gasteiger partial charge in [0.2, 0.25) is 5.91 Å². The smallest absolute Gasteiger partial charge is 0.308 e. The molecule has 96 valence electrons. The van der Waals surface area contributed by atoms with Gasteiger partial charge in [-0.25, -0.2) is 0 Å². The zero-order valence-electron chi connectivity index (χ0n) is 10.7. The third-order valence-corrected chi connectivity index (χ3v) is 4.38. The lowest BCUT2D eigenvalue weighted by atomic mass is 9.75. The first-order chi connectivity index (χ1) is 7.91. The van der Waals surface area contributed by atoms with Gasteiger partial charge in [-0.2, -0.15) is 0 Å².